The number of hydrogen-bond donors (Lipinski definition) is 0. The van der Waals surface area contributed by atoms with Gasteiger partial charge in [-0.1, -0.05) is 0 Å². The van der Waals surface area contributed by atoms with E-state index in [4.69, 9.17) is 9.47 Å². The van der Waals surface area contributed by atoms with Gasteiger partial charge >= 0.3 is 12.1 Å². The van der Waals surface area contributed by atoms with Gasteiger partial charge in [0.1, 0.15) is 11.3 Å². The lowest BCUT2D eigenvalue weighted by atomic mass is 10.2. The van der Waals surface area contributed by atoms with Crippen LogP contribution in [0.1, 0.15) is 34.6 Å². The summed E-state index contributed by atoms with van der Waals surface area (Å²) < 4.78 is 15.4. The molecule has 0 saturated carbocycles. The average Bonchev–Trinajstić information content (AvgIpc) is 2.50. The maximum Gasteiger partial charge on any atom is 0.412 e. The summed E-state index contributed by atoms with van der Waals surface area (Å²) in [5.74, 6) is -0.492. The van der Waals surface area contributed by atoms with Crippen molar-refractivity contribution in [2.75, 3.05) is 13.7 Å². The lowest BCUT2D eigenvalue weighted by Gasteiger charge is -2.31. The van der Waals surface area contributed by atoms with Gasteiger partial charge in [-0.15, -0.1) is 0 Å². The summed E-state index contributed by atoms with van der Waals surface area (Å²) in [6.45, 7) is 8.90. The van der Waals surface area contributed by atoms with Crippen molar-refractivity contribution in [3.63, 3.8) is 0 Å². The Morgan fingerprint density at radius 3 is 2.33 bits per heavy atom. The summed E-state index contributed by atoms with van der Waals surface area (Å²) >= 11 is 0. The molecule has 1 amide bonds. The zero-order valence-corrected chi connectivity index (χ0v) is 11.8. The standard InChI is InChI=1S/C12H21NO5/c1-11(2,3)18-10(15)13-7-8(9(14)16-6)17-12(13,4)5/h8H,7H2,1-6H3. The van der Waals surface area contributed by atoms with Gasteiger partial charge in [-0.2, -0.15) is 0 Å². The molecule has 1 saturated heterocycles. The lowest BCUT2D eigenvalue weighted by Crippen LogP contribution is -2.46. The molecule has 1 fully saturated rings. The molecule has 0 bridgehead atoms. The molecule has 0 radical (unpaired) electrons. The first-order valence-corrected chi connectivity index (χ1v) is 5.83. The van der Waals surface area contributed by atoms with E-state index in [1.165, 1.54) is 12.0 Å². The normalized spacial score (nSPS) is 22.8. The van der Waals surface area contributed by atoms with Crippen molar-refractivity contribution in [2.24, 2.45) is 0 Å². The molecule has 1 rings (SSSR count). The Hall–Kier alpha value is -1.30. The topological polar surface area (TPSA) is 65.1 Å². The molecule has 1 heterocycles. The van der Waals surface area contributed by atoms with Gasteiger partial charge in [0.15, 0.2) is 6.10 Å². The SMILES string of the molecule is COC(=O)C1CN(C(=O)OC(C)(C)C)C(C)(C)O1. The molecule has 0 aromatic heterocycles. The molecule has 1 aliphatic heterocycles. The molecule has 18 heavy (non-hydrogen) atoms. The second-order valence-corrected chi connectivity index (χ2v) is 5.67. The second kappa shape index (κ2) is 4.76. The third kappa shape index (κ3) is 3.35. The van der Waals surface area contributed by atoms with Gasteiger partial charge in [-0.25, -0.2) is 9.59 Å². The number of ether oxygens (including phenoxy) is 3. The van der Waals surface area contributed by atoms with E-state index in [9.17, 15) is 9.59 Å². The van der Waals surface area contributed by atoms with Crippen LogP contribution in [0.3, 0.4) is 0 Å². The Balaban J connectivity index is 2.77. The number of methoxy groups -OCH3 is 1. The highest BCUT2D eigenvalue weighted by molar-refractivity contribution is 5.77. The number of nitrogens with zero attached hydrogens (tertiary/aromatic N) is 1. The van der Waals surface area contributed by atoms with Gasteiger partial charge in [-0.05, 0) is 34.6 Å². The first-order chi connectivity index (χ1) is 8.07. The van der Waals surface area contributed by atoms with Gasteiger partial charge < -0.3 is 14.2 Å². The first-order valence-electron chi connectivity index (χ1n) is 5.83. The van der Waals surface area contributed by atoms with Gasteiger partial charge in [0.2, 0.25) is 0 Å². The van der Waals surface area contributed by atoms with Crippen LogP contribution < -0.4 is 0 Å². The highest BCUT2D eigenvalue weighted by atomic mass is 16.6. The van der Waals surface area contributed by atoms with Crippen LogP contribution in [0.15, 0.2) is 0 Å². The number of hydrogen-bond acceptors (Lipinski definition) is 5. The third-order valence-corrected chi connectivity index (χ3v) is 2.51. The van der Waals surface area contributed by atoms with Crippen molar-refractivity contribution >= 4 is 12.1 Å². The molecule has 1 atom stereocenters. The summed E-state index contributed by atoms with van der Waals surface area (Å²) in [6, 6.07) is 0. The number of carbonyl (C=O) groups is 2. The zero-order chi connectivity index (χ0) is 14.1. The van der Waals surface area contributed by atoms with Crippen molar-refractivity contribution in [1.29, 1.82) is 0 Å². The van der Waals surface area contributed by atoms with Crippen LogP contribution in [-0.2, 0) is 19.0 Å². The van der Waals surface area contributed by atoms with E-state index < -0.39 is 29.5 Å². The lowest BCUT2D eigenvalue weighted by molar-refractivity contribution is -0.158. The fraction of sp³-hybridized carbons (Fsp3) is 0.833. The molecule has 1 aliphatic rings. The van der Waals surface area contributed by atoms with Gasteiger partial charge in [-0.3, -0.25) is 4.90 Å². The molecule has 0 N–H and O–H groups in total. The number of carbonyl (C=O) groups excluding carboxylic acids is 2. The highest BCUT2D eigenvalue weighted by Gasteiger charge is 2.47. The Labute approximate surface area is 107 Å². The van der Waals surface area contributed by atoms with Gasteiger partial charge in [0, 0.05) is 0 Å². The summed E-state index contributed by atoms with van der Waals surface area (Å²) in [5.41, 5.74) is -1.47. The van der Waals surface area contributed by atoms with Crippen molar-refractivity contribution in [3.05, 3.63) is 0 Å². The molecule has 6 heteroatoms. The Morgan fingerprint density at radius 2 is 1.89 bits per heavy atom. The summed E-state index contributed by atoms with van der Waals surface area (Å²) in [7, 11) is 1.29. The summed E-state index contributed by atoms with van der Waals surface area (Å²) in [5, 5.41) is 0. The number of rotatable bonds is 1. The minimum absolute atomic E-state index is 0.134. The van der Waals surface area contributed by atoms with Crippen molar-refractivity contribution in [3.8, 4) is 0 Å². The predicted octanol–water partition coefficient (Wildman–Crippen LogP) is 1.53. The van der Waals surface area contributed by atoms with Crippen LogP contribution in [0, 0.1) is 0 Å². The molecule has 104 valence electrons. The van der Waals surface area contributed by atoms with E-state index in [2.05, 4.69) is 4.74 Å². The first kappa shape index (κ1) is 14.8. The van der Waals surface area contributed by atoms with E-state index >= 15 is 0 Å². The summed E-state index contributed by atoms with van der Waals surface area (Å²) in [4.78, 5) is 24.8. The van der Waals surface area contributed by atoms with E-state index in [1.807, 2.05) is 0 Å². The maximum atomic E-state index is 12.0. The molecule has 6 nitrogen and oxygen atoms in total. The minimum Gasteiger partial charge on any atom is -0.467 e. The fourth-order valence-corrected chi connectivity index (χ4v) is 1.70. The Morgan fingerprint density at radius 1 is 1.33 bits per heavy atom. The highest BCUT2D eigenvalue weighted by Crippen LogP contribution is 2.28. The van der Waals surface area contributed by atoms with Crippen LogP contribution in [-0.4, -0.2) is 48.0 Å². The van der Waals surface area contributed by atoms with Gasteiger partial charge in [0.05, 0.1) is 13.7 Å². The van der Waals surface area contributed by atoms with E-state index in [1.54, 1.807) is 34.6 Å². The zero-order valence-electron chi connectivity index (χ0n) is 11.8. The second-order valence-electron chi connectivity index (χ2n) is 5.67. The summed E-state index contributed by atoms with van der Waals surface area (Å²) in [6.07, 6.45) is -1.27. The molecule has 0 spiro atoms. The number of esters is 1. The number of amides is 1. The molecule has 0 aromatic carbocycles. The molecular formula is C12H21NO5. The smallest absolute Gasteiger partial charge is 0.412 e. The Kier molecular flexibility index (Phi) is 3.90. The van der Waals surface area contributed by atoms with Gasteiger partial charge in [0.25, 0.3) is 0 Å². The van der Waals surface area contributed by atoms with Crippen LogP contribution in [0.5, 0.6) is 0 Å². The molecule has 1 unspecified atom stereocenters. The van der Waals surface area contributed by atoms with Crippen LogP contribution in [0.25, 0.3) is 0 Å². The largest absolute Gasteiger partial charge is 0.467 e. The minimum atomic E-state index is -0.888. The van der Waals surface area contributed by atoms with Crippen molar-refractivity contribution in [1.82, 2.24) is 4.90 Å². The van der Waals surface area contributed by atoms with Crippen LogP contribution in [0.4, 0.5) is 4.79 Å². The quantitative estimate of drug-likeness (QED) is 0.668. The Bertz CT molecular complexity index is 345. The molecule has 0 aliphatic carbocycles. The van der Waals surface area contributed by atoms with Crippen molar-refractivity contribution in [2.45, 2.75) is 52.0 Å². The van der Waals surface area contributed by atoms with E-state index in [0.717, 1.165) is 0 Å². The third-order valence-electron chi connectivity index (χ3n) is 2.51. The monoisotopic (exact) mass is 259 g/mol. The molecule has 0 aromatic rings. The molecular weight excluding hydrogens is 238 g/mol. The fourth-order valence-electron chi connectivity index (χ4n) is 1.70. The van der Waals surface area contributed by atoms with Crippen molar-refractivity contribution < 1.29 is 23.8 Å². The van der Waals surface area contributed by atoms with Crippen LogP contribution >= 0.6 is 0 Å². The van der Waals surface area contributed by atoms with Crippen LogP contribution in [0.2, 0.25) is 0 Å². The van der Waals surface area contributed by atoms with E-state index in [-0.39, 0.29) is 6.54 Å². The predicted molar refractivity (Wildman–Crippen MR) is 63.9 cm³/mol. The van der Waals surface area contributed by atoms with E-state index in [0.29, 0.717) is 0 Å². The maximum absolute atomic E-state index is 12.0. The average molecular weight is 259 g/mol.